The van der Waals surface area contributed by atoms with Crippen molar-refractivity contribution >= 4 is 18.0 Å². The summed E-state index contributed by atoms with van der Waals surface area (Å²) in [6.07, 6.45) is -0.223. The van der Waals surface area contributed by atoms with Crippen LogP contribution in [0.25, 0.3) is 0 Å². The summed E-state index contributed by atoms with van der Waals surface area (Å²) in [6, 6.07) is -1.11. The van der Waals surface area contributed by atoms with E-state index in [0.29, 0.717) is 19.4 Å². The molecule has 15 heteroatoms. The van der Waals surface area contributed by atoms with Gasteiger partial charge in [0.05, 0.1) is 10.8 Å². The molecule has 7 N–H and O–H groups in total. The second-order valence-corrected chi connectivity index (χ2v) is 7.80. The highest BCUT2D eigenvalue weighted by Crippen LogP contribution is 2.09. The molecule has 0 radical (unpaired) electrons. The molecule has 0 aliphatic rings. The molecule has 0 saturated heterocycles. The third kappa shape index (κ3) is 17.6. The molecule has 2 atom stereocenters. The first-order valence-electron chi connectivity index (χ1n) is 9.94. The summed E-state index contributed by atoms with van der Waals surface area (Å²) in [5, 5.41) is 47.4. The largest absolute Gasteiger partial charge is 0.480 e. The van der Waals surface area contributed by atoms with E-state index >= 15 is 0 Å². The molecule has 2 amide bonds. The molecule has 0 aromatic rings. The number of hydrogen-bond donors (Lipinski definition) is 7. The van der Waals surface area contributed by atoms with Gasteiger partial charge in [0.1, 0.15) is 24.4 Å². The Labute approximate surface area is 185 Å². The van der Waals surface area contributed by atoms with Gasteiger partial charge in [0.25, 0.3) is 0 Å². The van der Waals surface area contributed by atoms with Gasteiger partial charge < -0.3 is 20.5 Å². The van der Waals surface area contributed by atoms with E-state index in [1.165, 1.54) is 0 Å². The van der Waals surface area contributed by atoms with Crippen molar-refractivity contribution in [3.63, 3.8) is 0 Å². The molecule has 0 aliphatic heterocycles. The molecule has 0 aromatic heterocycles. The Bertz CT molecular complexity index is 569. The predicted molar refractivity (Wildman–Crippen MR) is 103 cm³/mol. The van der Waals surface area contributed by atoms with Gasteiger partial charge in [-0.15, -0.1) is 0 Å². The monoisotopic (exact) mass is 470 g/mol. The van der Waals surface area contributed by atoms with Crippen molar-refractivity contribution in [3.8, 4) is 0 Å². The third-order valence-electron chi connectivity index (χ3n) is 3.78. The zero-order valence-corrected chi connectivity index (χ0v) is 18.4. The van der Waals surface area contributed by atoms with Gasteiger partial charge in [-0.25, -0.2) is 19.3 Å². The number of nitrogens with one attached hydrogen (secondary N) is 2. The molecule has 0 bridgehead atoms. The molecule has 0 saturated carbocycles. The molecule has 0 fully saturated rings. The summed E-state index contributed by atoms with van der Waals surface area (Å²) in [5.41, 5.74) is -0.746. The van der Waals surface area contributed by atoms with Crippen LogP contribution in [-0.4, -0.2) is 85.6 Å². The van der Waals surface area contributed by atoms with Gasteiger partial charge >= 0.3 is 12.1 Å². The highest BCUT2D eigenvalue weighted by Gasteiger charge is 2.23. The summed E-state index contributed by atoms with van der Waals surface area (Å²) < 4.78 is 5.04. The van der Waals surface area contributed by atoms with Crippen LogP contribution in [0.1, 0.15) is 59.3 Å². The SMILES string of the molecule is CC(C)(C)OC(=O)NC(CCCCNC(=O)CCCC(CON(O)O)ON(O)O)C(=O)O. The number of hydrogen-bond acceptors (Lipinski definition) is 12. The predicted octanol–water partition coefficient (Wildman–Crippen LogP) is 0.814. The van der Waals surface area contributed by atoms with E-state index in [1.807, 2.05) is 0 Å². The Morgan fingerprint density at radius 2 is 1.62 bits per heavy atom. The average molecular weight is 470 g/mol. The third-order valence-corrected chi connectivity index (χ3v) is 3.78. The average Bonchev–Trinajstić information content (AvgIpc) is 2.62. The van der Waals surface area contributed by atoms with Gasteiger partial charge in [0.2, 0.25) is 5.91 Å². The summed E-state index contributed by atoms with van der Waals surface area (Å²) in [5.74, 6) is -1.47. The smallest absolute Gasteiger partial charge is 0.408 e. The molecule has 15 nitrogen and oxygen atoms in total. The Kier molecular flexibility index (Phi) is 14.6. The van der Waals surface area contributed by atoms with E-state index in [0.717, 1.165) is 0 Å². The maximum Gasteiger partial charge on any atom is 0.408 e. The van der Waals surface area contributed by atoms with Crippen LogP contribution < -0.4 is 10.6 Å². The fourth-order valence-corrected chi connectivity index (χ4v) is 2.44. The number of amides is 2. The van der Waals surface area contributed by atoms with Gasteiger partial charge in [-0.05, 0) is 52.9 Å². The van der Waals surface area contributed by atoms with Crippen molar-refractivity contribution in [2.75, 3.05) is 13.2 Å². The lowest BCUT2D eigenvalue weighted by atomic mass is 10.1. The number of rotatable bonds is 16. The molecule has 32 heavy (non-hydrogen) atoms. The van der Waals surface area contributed by atoms with Crippen LogP contribution in [0, 0.1) is 0 Å². The minimum absolute atomic E-state index is 0.0800. The van der Waals surface area contributed by atoms with E-state index in [-0.39, 0.29) is 31.6 Å². The number of alkyl carbamates (subject to hydrolysis) is 1. The van der Waals surface area contributed by atoms with Crippen LogP contribution in [0.2, 0.25) is 0 Å². The van der Waals surface area contributed by atoms with Crippen molar-refractivity contribution in [1.29, 1.82) is 0 Å². The van der Waals surface area contributed by atoms with Gasteiger partial charge in [-0.3, -0.25) is 25.6 Å². The quantitative estimate of drug-likeness (QED) is 0.123. The van der Waals surface area contributed by atoms with Crippen LogP contribution >= 0.6 is 0 Å². The Morgan fingerprint density at radius 3 is 2.16 bits per heavy atom. The molecular weight excluding hydrogens is 436 g/mol. The van der Waals surface area contributed by atoms with Crippen molar-refractivity contribution in [2.45, 2.75) is 77.0 Å². The Balaban J connectivity index is 4.11. The van der Waals surface area contributed by atoms with Crippen LogP contribution in [-0.2, 0) is 24.0 Å². The second kappa shape index (κ2) is 15.7. The van der Waals surface area contributed by atoms with Gasteiger partial charge in [0, 0.05) is 13.0 Å². The number of carbonyl (C=O) groups is 3. The lowest BCUT2D eigenvalue weighted by Crippen LogP contribution is -2.43. The number of aliphatic carboxylic acids is 1. The molecule has 0 rings (SSSR count). The van der Waals surface area contributed by atoms with Crippen molar-refractivity contribution in [2.24, 2.45) is 0 Å². The van der Waals surface area contributed by atoms with Crippen LogP contribution in [0.3, 0.4) is 0 Å². The summed E-state index contributed by atoms with van der Waals surface area (Å²) in [4.78, 5) is 43.7. The summed E-state index contributed by atoms with van der Waals surface area (Å²) >= 11 is 0. The first-order chi connectivity index (χ1) is 14.8. The van der Waals surface area contributed by atoms with E-state index in [4.69, 9.17) is 25.6 Å². The van der Waals surface area contributed by atoms with E-state index in [1.54, 1.807) is 20.8 Å². The van der Waals surface area contributed by atoms with Gasteiger partial charge in [-0.2, -0.15) is 0 Å². The number of nitrogens with zero attached hydrogens (tertiary/aromatic N) is 2. The van der Waals surface area contributed by atoms with E-state index in [2.05, 4.69) is 20.3 Å². The number of carboxylic acid groups (broad SMARTS) is 1. The highest BCUT2D eigenvalue weighted by molar-refractivity contribution is 5.80. The molecule has 0 spiro atoms. The normalized spacial score (nSPS) is 13.7. The van der Waals surface area contributed by atoms with Crippen LogP contribution in [0.5, 0.6) is 0 Å². The minimum Gasteiger partial charge on any atom is -0.480 e. The van der Waals surface area contributed by atoms with Crippen molar-refractivity contribution in [3.05, 3.63) is 0 Å². The van der Waals surface area contributed by atoms with Crippen molar-refractivity contribution in [1.82, 2.24) is 21.4 Å². The van der Waals surface area contributed by atoms with Crippen LogP contribution in [0.4, 0.5) is 4.79 Å². The zero-order valence-electron chi connectivity index (χ0n) is 18.4. The topological polar surface area (TPSA) is 211 Å². The lowest BCUT2D eigenvalue weighted by Gasteiger charge is -2.22. The summed E-state index contributed by atoms with van der Waals surface area (Å²) in [6.45, 7) is 4.87. The maximum atomic E-state index is 11.8. The molecular formula is C17H34N4O11. The number of unbranched alkanes of at least 4 members (excludes halogenated alkanes) is 1. The maximum absolute atomic E-state index is 11.8. The Hall–Kier alpha value is -2.11. The molecule has 0 aliphatic carbocycles. The van der Waals surface area contributed by atoms with E-state index < -0.39 is 47.2 Å². The van der Waals surface area contributed by atoms with Gasteiger partial charge in [0.15, 0.2) is 0 Å². The number of carbonyl (C=O) groups excluding carboxylic acids is 2. The molecule has 188 valence electrons. The summed E-state index contributed by atoms with van der Waals surface area (Å²) in [7, 11) is 0. The van der Waals surface area contributed by atoms with Crippen molar-refractivity contribution < 1.29 is 54.7 Å². The lowest BCUT2D eigenvalue weighted by molar-refractivity contribution is -0.527. The molecule has 0 heterocycles. The first-order valence-corrected chi connectivity index (χ1v) is 9.94. The number of ether oxygens (including phenoxy) is 1. The van der Waals surface area contributed by atoms with Gasteiger partial charge in [-0.1, -0.05) is 0 Å². The fraction of sp³-hybridized carbons (Fsp3) is 0.824. The number of carboxylic acids is 1. The second-order valence-electron chi connectivity index (χ2n) is 7.80. The highest BCUT2D eigenvalue weighted by atomic mass is 17.1. The fourth-order valence-electron chi connectivity index (χ4n) is 2.44. The molecule has 0 aromatic carbocycles. The standard InChI is InChI=1S/C17H34N4O11/c1-17(2,3)31-16(25)19-13(15(23)24)8-4-5-10-18-14(22)9-6-7-12(32-21(28)29)11-30-20(26)27/h12-13,26-29H,4-11H2,1-3H3,(H,18,22)(H,19,25)(H,23,24). The van der Waals surface area contributed by atoms with Crippen LogP contribution in [0.15, 0.2) is 0 Å². The molecule has 2 unspecified atom stereocenters. The Morgan fingerprint density at radius 1 is 0.969 bits per heavy atom. The first kappa shape index (κ1) is 29.9. The zero-order chi connectivity index (χ0) is 24.7. The minimum atomic E-state index is -1.18. The van der Waals surface area contributed by atoms with E-state index in [9.17, 15) is 19.5 Å².